The van der Waals surface area contributed by atoms with E-state index in [1.54, 1.807) is 0 Å². The van der Waals surface area contributed by atoms with Gasteiger partial charge in [-0.25, -0.2) is 4.98 Å². The standard InChI is InChI=1S/C13H17N3S/c1-16-12-5-3-2-4-11(12)15-13(16)14-10-6-8-17-9-7-10/h2-5,10H,6-9H2,1H3,(H,14,15). The van der Waals surface area contributed by atoms with Gasteiger partial charge in [0.2, 0.25) is 5.95 Å². The zero-order valence-electron chi connectivity index (χ0n) is 10.0. The Hall–Kier alpha value is -1.16. The molecule has 1 aliphatic heterocycles. The molecular weight excluding hydrogens is 230 g/mol. The van der Waals surface area contributed by atoms with Gasteiger partial charge in [0.05, 0.1) is 11.0 Å². The van der Waals surface area contributed by atoms with E-state index in [0.29, 0.717) is 6.04 Å². The van der Waals surface area contributed by atoms with Gasteiger partial charge in [-0.05, 0) is 36.5 Å². The Bertz CT molecular complexity index is 514. The molecule has 0 bridgehead atoms. The van der Waals surface area contributed by atoms with Gasteiger partial charge in [-0.1, -0.05) is 12.1 Å². The zero-order chi connectivity index (χ0) is 11.7. The average molecular weight is 247 g/mol. The number of nitrogens with zero attached hydrogens (tertiary/aromatic N) is 2. The van der Waals surface area contributed by atoms with Crippen molar-refractivity contribution in [3.8, 4) is 0 Å². The Labute approximate surface area is 106 Å². The Morgan fingerprint density at radius 2 is 2.06 bits per heavy atom. The van der Waals surface area contributed by atoms with Crippen molar-refractivity contribution in [2.24, 2.45) is 7.05 Å². The number of thioether (sulfide) groups is 1. The zero-order valence-corrected chi connectivity index (χ0v) is 10.8. The molecule has 0 saturated carbocycles. The second-order valence-electron chi connectivity index (χ2n) is 4.51. The predicted octanol–water partition coefficient (Wildman–Crippen LogP) is 2.88. The number of para-hydroxylation sites is 2. The van der Waals surface area contributed by atoms with Crippen LogP contribution in [-0.4, -0.2) is 27.1 Å². The molecule has 0 unspecified atom stereocenters. The third kappa shape index (κ3) is 2.14. The highest BCUT2D eigenvalue weighted by Crippen LogP contribution is 2.23. The Morgan fingerprint density at radius 1 is 1.29 bits per heavy atom. The van der Waals surface area contributed by atoms with E-state index in [2.05, 4.69) is 51.9 Å². The van der Waals surface area contributed by atoms with Crippen LogP contribution < -0.4 is 5.32 Å². The molecule has 90 valence electrons. The molecule has 3 rings (SSSR count). The van der Waals surface area contributed by atoms with Crippen molar-refractivity contribution in [1.82, 2.24) is 9.55 Å². The molecule has 1 fully saturated rings. The van der Waals surface area contributed by atoms with Gasteiger partial charge in [0.1, 0.15) is 0 Å². The second kappa shape index (κ2) is 4.61. The lowest BCUT2D eigenvalue weighted by Crippen LogP contribution is -2.25. The maximum absolute atomic E-state index is 4.65. The van der Waals surface area contributed by atoms with E-state index in [1.807, 2.05) is 6.07 Å². The van der Waals surface area contributed by atoms with Gasteiger partial charge in [0, 0.05) is 13.1 Å². The minimum Gasteiger partial charge on any atom is -0.353 e. The molecule has 1 aromatic heterocycles. The van der Waals surface area contributed by atoms with Crippen LogP contribution in [0, 0.1) is 0 Å². The number of aromatic nitrogens is 2. The Morgan fingerprint density at radius 3 is 2.82 bits per heavy atom. The summed E-state index contributed by atoms with van der Waals surface area (Å²) in [6.07, 6.45) is 2.49. The van der Waals surface area contributed by atoms with Gasteiger partial charge < -0.3 is 9.88 Å². The third-order valence-corrected chi connectivity index (χ3v) is 4.39. The maximum Gasteiger partial charge on any atom is 0.203 e. The fourth-order valence-electron chi connectivity index (χ4n) is 2.30. The van der Waals surface area contributed by atoms with Gasteiger partial charge >= 0.3 is 0 Å². The Kier molecular flexibility index (Phi) is 2.97. The molecule has 1 saturated heterocycles. The molecule has 0 aliphatic carbocycles. The summed E-state index contributed by atoms with van der Waals surface area (Å²) < 4.78 is 2.15. The van der Waals surface area contributed by atoms with E-state index in [-0.39, 0.29) is 0 Å². The quantitative estimate of drug-likeness (QED) is 0.885. The highest BCUT2D eigenvalue weighted by molar-refractivity contribution is 7.99. The molecule has 0 spiro atoms. The largest absolute Gasteiger partial charge is 0.353 e. The first-order valence-corrected chi connectivity index (χ1v) is 7.26. The number of rotatable bonds is 2. The summed E-state index contributed by atoms with van der Waals surface area (Å²) >= 11 is 2.05. The summed E-state index contributed by atoms with van der Waals surface area (Å²) in [5.74, 6) is 3.53. The van der Waals surface area contributed by atoms with Crippen molar-refractivity contribution in [3.63, 3.8) is 0 Å². The molecule has 0 atom stereocenters. The van der Waals surface area contributed by atoms with Crippen LogP contribution in [0.4, 0.5) is 5.95 Å². The molecule has 2 heterocycles. The number of hydrogen-bond donors (Lipinski definition) is 1. The average Bonchev–Trinajstić information content (AvgIpc) is 2.68. The van der Waals surface area contributed by atoms with Gasteiger partial charge in [0.25, 0.3) is 0 Å². The fourth-order valence-corrected chi connectivity index (χ4v) is 3.41. The molecule has 4 heteroatoms. The van der Waals surface area contributed by atoms with Crippen LogP contribution in [0.5, 0.6) is 0 Å². The number of nitrogens with one attached hydrogen (secondary N) is 1. The fraction of sp³-hybridized carbons (Fsp3) is 0.462. The molecule has 1 aromatic carbocycles. The number of fused-ring (bicyclic) bond motifs is 1. The second-order valence-corrected chi connectivity index (χ2v) is 5.74. The molecule has 0 radical (unpaired) electrons. The SMILES string of the molecule is Cn1c(NC2CCSCC2)nc2ccccc21. The van der Waals surface area contributed by atoms with E-state index in [4.69, 9.17) is 0 Å². The minimum absolute atomic E-state index is 0.590. The molecule has 17 heavy (non-hydrogen) atoms. The summed E-state index contributed by atoms with van der Waals surface area (Å²) in [7, 11) is 2.08. The number of anilines is 1. The smallest absolute Gasteiger partial charge is 0.203 e. The van der Waals surface area contributed by atoms with Crippen molar-refractivity contribution < 1.29 is 0 Å². The molecule has 1 N–H and O–H groups in total. The summed E-state index contributed by atoms with van der Waals surface area (Å²) in [6, 6.07) is 8.87. The van der Waals surface area contributed by atoms with E-state index >= 15 is 0 Å². The summed E-state index contributed by atoms with van der Waals surface area (Å²) in [4.78, 5) is 4.65. The number of aryl methyl sites for hydroxylation is 1. The summed E-state index contributed by atoms with van der Waals surface area (Å²) in [5, 5.41) is 3.58. The van der Waals surface area contributed by atoms with Gasteiger partial charge in [0.15, 0.2) is 0 Å². The maximum atomic E-state index is 4.65. The van der Waals surface area contributed by atoms with Crippen LogP contribution in [-0.2, 0) is 7.05 Å². The molecule has 2 aromatic rings. The number of imidazole rings is 1. The first-order valence-electron chi connectivity index (χ1n) is 6.10. The van der Waals surface area contributed by atoms with E-state index < -0.39 is 0 Å². The van der Waals surface area contributed by atoms with Crippen LogP contribution in [0.3, 0.4) is 0 Å². The Balaban J connectivity index is 1.87. The van der Waals surface area contributed by atoms with Crippen molar-refractivity contribution >= 4 is 28.7 Å². The number of hydrogen-bond acceptors (Lipinski definition) is 3. The van der Waals surface area contributed by atoms with Crippen molar-refractivity contribution in [1.29, 1.82) is 0 Å². The van der Waals surface area contributed by atoms with E-state index in [1.165, 1.54) is 29.9 Å². The lowest BCUT2D eigenvalue weighted by atomic mass is 10.2. The highest BCUT2D eigenvalue weighted by Gasteiger charge is 2.16. The molecular formula is C13H17N3S. The minimum atomic E-state index is 0.590. The lowest BCUT2D eigenvalue weighted by molar-refractivity contribution is 0.655. The van der Waals surface area contributed by atoms with E-state index in [9.17, 15) is 0 Å². The monoisotopic (exact) mass is 247 g/mol. The van der Waals surface area contributed by atoms with Crippen LogP contribution >= 0.6 is 11.8 Å². The topological polar surface area (TPSA) is 29.9 Å². The predicted molar refractivity (Wildman–Crippen MR) is 74.7 cm³/mol. The van der Waals surface area contributed by atoms with Crippen molar-refractivity contribution in [3.05, 3.63) is 24.3 Å². The normalized spacial score (nSPS) is 17.5. The van der Waals surface area contributed by atoms with E-state index in [0.717, 1.165) is 11.5 Å². The lowest BCUT2D eigenvalue weighted by Gasteiger charge is -2.22. The van der Waals surface area contributed by atoms with Gasteiger partial charge in [-0.3, -0.25) is 0 Å². The van der Waals surface area contributed by atoms with Gasteiger partial charge in [-0.2, -0.15) is 11.8 Å². The van der Waals surface area contributed by atoms with Gasteiger partial charge in [-0.15, -0.1) is 0 Å². The molecule has 1 aliphatic rings. The third-order valence-electron chi connectivity index (χ3n) is 3.34. The first kappa shape index (κ1) is 11.0. The summed E-state index contributed by atoms with van der Waals surface area (Å²) in [5.41, 5.74) is 2.27. The van der Waals surface area contributed by atoms with Crippen molar-refractivity contribution in [2.75, 3.05) is 16.8 Å². The van der Waals surface area contributed by atoms with Crippen LogP contribution in [0.1, 0.15) is 12.8 Å². The van der Waals surface area contributed by atoms with Crippen LogP contribution in [0.15, 0.2) is 24.3 Å². The molecule has 3 nitrogen and oxygen atoms in total. The highest BCUT2D eigenvalue weighted by atomic mass is 32.2. The summed E-state index contributed by atoms with van der Waals surface area (Å²) in [6.45, 7) is 0. The number of benzene rings is 1. The first-order chi connectivity index (χ1) is 8.34. The molecule has 0 amide bonds. The van der Waals surface area contributed by atoms with Crippen LogP contribution in [0.25, 0.3) is 11.0 Å². The van der Waals surface area contributed by atoms with Crippen molar-refractivity contribution in [2.45, 2.75) is 18.9 Å². The van der Waals surface area contributed by atoms with Crippen LogP contribution in [0.2, 0.25) is 0 Å².